The molecule has 0 fully saturated rings. The molecule has 1 aliphatic rings. The Balaban J connectivity index is 2.30. The number of aliphatic imine (C=N–C) groups is 1. The van der Waals surface area contributed by atoms with E-state index in [1.165, 1.54) is 6.07 Å². The highest BCUT2D eigenvalue weighted by atomic mass is 79.9. The molecule has 1 unspecified atom stereocenters. The highest BCUT2D eigenvalue weighted by Gasteiger charge is 2.14. The Morgan fingerprint density at radius 2 is 2.36 bits per heavy atom. The molecule has 0 amide bonds. The van der Waals surface area contributed by atoms with Gasteiger partial charge in [0.05, 0.1) is 11.0 Å². The molecule has 4 heteroatoms. The fourth-order valence-electron chi connectivity index (χ4n) is 1.37. The van der Waals surface area contributed by atoms with Crippen molar-refractivity contribution in [3.05, 3.63) is 34.1 Å². The van der Waals surface area contributed by atoms with Crippen molar-refractivity contribution in [2.24, 2.45) is 4.99 Å². The van der Waals surface area contributed by atoms with E-state index in [1.807, 2.05) is 0 Å². The lowest BCUT2D eigenvalue weighted by Gasteiger charge is -2.06. The molecule has 0 radical (unpaired) electrons. The normalized spacial score (nSPS) is 20.5. The lowest BCUT2D eigenvalue weighted by atomic mass is 10.2. The maximum absolute atomic E-state index is 13.0. The first kappa shape index (κ1) is 9.65. The molecule has 0 aromatic heterocycles. The van der Waals surface area contributed by atoms with E-state index < -0.39 is 0 Å². The van der Waals surface area contributed by atoms with Crippen LogP contribution in [-0.4, -0.2) is 18.4 Å². The van der Waals surface area contributed by atoms with Crippen molar-refractivity contribution in [2.75, 3.05) is 6.54 Å². The minimum atomic E-state index is -0.250. The summed E-state index contributed by atoms with van der Waals surface area (Å²) in [6, 6.07) is 5.27. The Hall–Kier alpha value is -0.900. The average Bonchev–Trinajstić information content (AvgIpc) is 2.57. The van der Waals surface area contributed by atoms with Gasteiger partial charge in [0.25, 0.3) is 0 Å². The summed E-state index contributed by atoms with van der Waals surface area (Å²) in [6.07, 6.45) is 0. The van der Waals surface area contributed by atoms with Crippen LogP contribution < -0.4 is 5.32 Å². The Labute approximate surface area is 90.4 Å². The first-order chi connectivity index (χ1) is 6.66. The number of nitrogens with one attached hydrogen (secondary N) is 1. The van der Waals surface area contributed by atoms with Crippen molar-refractivity contribution in [3.63, 3.8) is 0 Å². The molecule has 0 spiro atoms. The number of hydrogen-bond acceptors (Lipinski definition) is 2. The summed E-state index contributed by atoms with van der Waals surface area (Å²) in [5.74, 6) is 0.596. The van der Waals surface area contributed by atoms with Gasteiger partial charge in [-0.2, -0.15) is 0 Å². The highest BCUT2D eigenvalue weighted by Crippen LogP contribution is 2.17. The monoisotopic (exact) mass is 256 g/mol. The molecule has 0 aliphatic carbocycles. The quantitative estimate of drug-likeness (QED) is 0.820. The largest absolute Gasteiger partial charge is 0.366 e. The van der Waals surface area contributed by atoms with Crippen LogP contribution in [0.25, 0.3) is 0 Å². The lowest BCUT2D eigenvalue weighted by Crippen LogP contribution is -2.27. The Bertz CT molecular complexity index is 390. The number of amidine groups is 1. The topological polar surface area (TPSA) is 24.4 Å². The molecule has 1 heterocycles. The van der Waals surface area contributed by atoms with E-state index >= 15 is 0 Å². The SMILES string of the molecule is CC1CN=C(c2ccc(F)c(Br)c2)N1. The van der Waals surface area contributed by atoms with Gasteiger partial charge in [0.1, 0.15) is 11.7 Å². The minimum Gasteiger partial charge on any atom is -0.366 e. The molecule has 0 bridgehead atoms. The van der Waals surface area contributed by atoms with Crippen LogP contribution in [0, 0.1) is 5.82 Å². The van der Waals surface area contributed by atoms with Crippen LogP contribution in [0.3, 0.4) is 0 Å². The first-order valence-corrected chi connectivity index (χ1v) is 5.22. The molecular formula is C10H10BrFN2. The van der Waals surface area contributed by atoms with E-state index in [1.54, 1.807) is 12.1 Å². The summed E-state index contributed by atoms with van der Waals surface area (Å²) in [5.41, 5.74) is 0.919. The fourth-order valence-corrected chi connectivity index (χ4v) is 1.75. The molecule has 1 atom stereocenters. The van der Waals surface area contributed by atoms with Gasteiger partial charge in [0.2, 0.25) is 0 Å². The number of benzene rings is 1. The third-order valence-electron chi connectivity index (χ3n) is 2.10. The van der Waals surface area contributed by atoms with Crippen LogP contribution >= 0.6 is 15.9 Å². The van der Waals surface area contributed by atoms with Gasteiger partial charge in [-0.3, -0.25) is 4.99 Å². The first-order valence-electron chi connectivity index (χ1n) is 4.43. The summed E-state index contributed by atoms with van der Waals surface area (Å²) < 4.78 is 13.4. The van der Waals surface area contributed by atoms with E-state index in [0.29, 0.717) is 10.5 Å². The van der Waals surface area contributed by atoms with Crippen molar-refractivity contribution >= 4 is 21.8 Å². The molecule has 1 aromatic rings. The molecule has 0 saturated carbocycles. The molecule has 1 N–H and O–H groups in total. The summed E-state index contributed by atoms with van der Waals surface area (Å²) >= 11 is 3.15. The second kappa shape index (κ2) is 3.69. The predicted octanol–water partition coefficient (Wildman–Crippen LogP) is 2.33. The van der Waals surface area contributed by atoms with Crippen molar-refractivity contribution in [3.8, 4) is 0 Å². The lowest BCUT2D eigenvalue weighted by molar-refractivity contribution is 0.621. The van der Waals surface area contributed by atoms with Crippen LogP contribution in [-0.2, 0) is 0 Å². The zero-order valence-corrected chi connectivity index (χ0v) is 9.31. The molecular weight excluding hydrogens is 247 g/mol. The summed E-state index contributed by atoms with van der Waals surface area (Å²) in [7, 11) is 0. The summed E-state index contributed by atoms with van der Waals surface area (Å²) in [4.78, 5) is 4.32. The fraction of sp³-hybridized carbons (Fsp3) is 0.300. The standard InChI is InChI=1S/C10H10BrFN2/c1-6-5-13-10(14-6)7-2-3-9(12)8(11)4-7/h2-4,6H,5H2,1H3,(H,13,14). The van der Waals surface area contributed by atoms with E-state index in [2.05, 4.69) is 33.2 Å². The van der Waals surface area contributed by atoms with Crippen molar-refractivity contribution < 1.29 is 4.39 Å². The zero-order chi connectivity index (χ0) is 10.1. The third kappa shape index (κ3) is 1.80. The predicted molar refractivity (Wildman–Crippen MR) is 58.1 cm³/mol. The van der Waals surface area contributed by atoms with Gasteiger partial charge >= 0.3 is 0 Å². The van der Waals surface area contributed by atoms with E-state index in [-0.39, 0.29) is 5.82 Å². The Morgan fingerprint density at radius 1 is 1.57 bits per heavy atom. The van der Waals surface area contributed by atoms with Gasteiger partial charge in [0.15, 0.2) is 0 Å². The van der Waals surface area contributed by atoms with Gasteiger partial charge in [-0.05, 0) is 41.1 Å². The maximum atomic E-state index is 13.0. The van der Waals surface area contributed by atoms with Gasteiger partial charge in [-0.15, -0.1) is 0 Å². The molecule has 2 rings (SSSR count). The second-order valence-corrected chi connectivity index (χ2v) is 4.22. The summed E-state index contributed by atoms with van der Waals surface area (Å²) in [5, 5.41) is 3.22. The van der Waals surface area contributed by atoms with Gasteiger partial charge in [-0.1, -0.05) is 0 Å². The van der Waals surface area contributed by atoms with Gasteiger partial charge in [0, 0.05) is 11.6 Å². The van der Waals surface area contributed by atoms with Crippen molar-refractivity contribution in [1.82, 2.24) is 5.32 Å². The average molecular weight is 257 g/mol. The number of rotatable bonds is 1. The maximum Gasteiger partial charge on any atom is 0.137 e. The molecule has 0 saturated heterocycles. The molecule has 1 aromatic carbocycles. The molecule has 14 heavy (non-hydrogen) atoms. The minimum absolute atomic E-state index is 0.250. The van der Waals surface area contributed by atoms with E-state index in [0.717, 1.165) is 17.9 Å². The Morgan fingerprint density at radius 3 is 2.93 bits per heavy atom. The number of halogens is 2. The van der Waals surface area contributed by atoms with Gasteiger partial charge in [-0.25, -0.2) is 4.39 Å². The van der Waals surface area contributed by atoms with Gasteiger partial charge < -0.3 is 5.32 Å². The van der Waals surface area contributed by atoms with Crippen LogP contribution in [0.5, 0.6) is 0 Å². The summed E-state index contributed by atoms with van der Waals surface area (Å²) in [6.45, 7) is 2.85. The van der Waals surface area contributed by atoms with Crippen LogP contribution in [0.2, 0.25) is 0 Å². The highest BCUT2D eigenvalue weighted by molar-refractivity contribution is 9.10. The van der Waals surface area contributed by atoms with E-state index in [4.69, 9.17) is 0 Å². The van der Waals surface area contributed by atoms with E-state index in [9.17, 15) is 4.39 Å². The third-order valence-corrected chi connectivity index (χ3v) is 2.71. The van der Waals surface area contributed by atoms with Crippen molar-refractivity contribution in [1.29, 1.82) is 0 Å². The number of nitrogens with zero attached hydrogens (tertiary/aromatic N) is 1. The van der Waals surface area contributed by atoms with Crippen molar-refractivity contribution in [2.45, 2.75) is 13.0 Å². The number of hydrogen-bond donors (Lipinski definition) is 1. The molecule has 74 valence electrons. The Kier molecular flexibility index (Phi) is 2.54. The second-order valence-electron chi connectivity index (χ2n) is 3.36. The van der Waals surface area contributed by atoms with Crippen LogP contribution in [0.15, 0.2) is 27.7 Å². The smallest absolute Gasteiger partial charge is 0.137 e. The zero-order valence-electron chi connectivity index (χ0n) is 7.72. The van der Waals surface area contributed by atoms with Crippen LogP contribution in [0.1, 0.15) is 12.5 Å². The molecule has 1 aliphatic heterocycles. The van der Waals surface area contributed by atoms with Crippen LogP contribution in [0.4, 0.5) is 4.39 Å². The molecule has 2 nitrogen and oxygen atoms in total.